The van der Waals surface area contributed by atoms with E-state index in [1.807, 2.05) is 13.2 Å². The van der Waals surface area contributed by atoms with Crippen LogP contribution in [0.5, 0.6) is 0 Å². The van der Waals surface area contributed by atoms with Crippen molar-refractivity contribution >= 4 is 27.7 Å². The van der Waals surface area contributed by atoms with Gasteiger partial charge in [-0.05, 0) is 29.1 Å². The number of aromatic nitrogens is 2. The number of nitrogens with zero attached hydrogens (tertiary/aromatic N) is 2. The molecule has 0 saturated carbocycles. The van der Waals surface area contributed by atoms with Gasteiger partial charge in [0.25, 0.3) is 0 Å². The van der Waals surface area contributed by atoms with Crippen LogP contribution < -0.4 is 0 Å². The average Bonchev–Trinajstić information content (AvgIpc) is 1.94. The third-order valence-corrected chi connectivity index (χ3v) is 2.57. The zero-order valence-electron chi connectivity index (χ0n) is 5.76. The molecule has 0 fully saturated rings. The zero-order chi connectivity index (χ0) is 7.56. The smallest absolute Gasteiger partial charge is 0.126 e. The van der Waals surface area contributed by atoms with Crippen LogP contribution in [0.3, 0.4) is 0 Å². The summed E-state index contributed by atoms with van der Waals surface area (Å²) < 4.78 is 0.964. The number of hydrogen-bond acceptors (Lipinski definition) is 3. The van der Waals surface area contributed by atoms with Gasteiger partial charge in [-0.1, -0.05) is 0 Å². The van der Waals surface area contributed by atoms with Crippen molar-refractivity contribution in [3.8, 4) is 0 Å². The Morgan fingerprint density at radius 2 is 2.30 bits per heavy atom. The van der Waals surface area contributed by atoms with Gasteiger partial charge in [0.15, 0.2) is 0 Å². The summed E-state index contributed by atoms with van der Waals surface area (Å²) in [6, 6.07) is 0. The Balaban J connectivity index is 3.09. The van der Waals surface area contributed by atoms with E-state index in [1.165, 1.54) is 0 Å². The summed E-state index contributed by atoms with van der Waals surface area (Å²) in [5.41, 5.74) is 0. The zero-order valence-corrected chi connectivity index (χ0v) is 8.16. The Morgan fingerprint density at radius 1 is 1.60 bits per heavy atom. The summed E-state index contributed by atoms with van der Waals surface area (Å²) in [7, 11) is 0. The number of thioether (sulfide) groups is 1. The topological polar surface area (TPSA) is 25.8 Å². The van der Waals surface area contributed by atoms with E-state index in [9.17, 15) is 0 Å². The lowest BCUT2D eigenvalue weighted by atomic mass is 10.6. The number of aryl methyl sites for hydroxylation is 1. The molecular formula is C6H7BrN2S. The molecule has 0 bridgehead atoms. The minimum Gasteiger partial charge on any atom is -0.240 e. The molecule has 0 aromatic carbocycles. The van der Waals surface area contributed by atoms with E-state index in [0.717, 1.165) is 15.3 Å². The summed E-state index contributed by atoms with van der Waals surface area (Å²) >= 11 is 4.96. The van der Waals surface area contributed by atoms with Gasteiger partial charge < -0.3 is 0 Å². The molecule has 10 heavy (non-hydrogen) atoms. The molecule has 0 aliphatic carbocycles. The van der Waals surface area contributed by atoms with E-state index >= 15 is 0 Å². The van der Waals surface area contributed by atoms with Gasteiger partial charge in [-0.3, -0.25) is 0 Å². The Kier molecular flexibility index (Phi) is 2.68. The van der Waals surface area contributed by atoms with Crippen LogP contribution in [0.4, 0.5) is 0 Å². The lowest BCUT2D eigenvalue weighted by molar-refractivity contribution is 0.953. The highest BCUT2D eigenvalue weighted by Crippen LogP contribution is 2.21. The highest BCUT2D eigenvalue weighted by atomic mass is 79.9. The van der Waals surface area contributed by atoms with Gasteiger partial charge in [0.1, 0.15) is 10.9 Å². The maximum atomic E-state index is 4.20. The summed E-state index contributed by atoms with van der Waals surface area (Å²) in [6.07, 6.45) is 3.76. The number of hydrogen-bond donors (Lipinski definition) is 0. The fraction of sp³-hybridized carbons (Fsp3) is 0.333. The molecule has 4 heteroatoms. The van der Waals surface area contributed by atoms with Crippen molar-refractivity contribution in [1.82, 2.24) is 9.97 Å². The first kappa shape index (κ1) is 8.01. The molecule has 0 aliphatic heterocycles. The van der Waals surface area contributed by atoms with E-state index in [4.69, 9.17) is 0 Å². The van der Waals surface area contributed by atoms with Gasteiger partial charge >= 0.3 is 0 Å². The second-order valence-electron chi connectivity index (χ2n) is 1.77. The third-order valence-electron chi connectivity index (χ3n) is 1.03. The lowest BCUT2D eigenvalue weighted by Gasteiger charge is -1.98. The molecule has 0 spiro atoms. The minimum atomic E-state index is 0.813. The monoisotopic (exact) mass is 218 g/mol. The minimum absolute atomic E-state index is 0.813. The molecule has 0 amide bonds. The van der Waals surface area contributed by atoms with Crippen LogP contribution in [0.2, 0.25) is 0 Å². The van der Waals surface area contributed by atoms with Gasteiger partial charge in [-0.15, -0.1) is 11.8 Å². The van der Waals surface area contributed by atoms with Crippen molar-refractivity contribution in [1.29, 1.82) is 0 Å². The molecule has 1 aromatic heterocycles. The first-order valence-corrected chi connectivity index (χ1v) is 4.79. The molecule has 1 aromatic rings. The summed E-state index contributed by atoms with van der Waals surface area (Å²) in [6.45, 7) is 1.88. The predicted octanol–water partition coefficient (Wildman–Crippen LogP) is 2.27. The van der Waals surface area contributed by atoms with Crippen molar-refractivity contribution in [2.75, 3.05) is 6.26 Å². The Labute approximate surface area is 72.6 Å². The number of halogens is 1. The van der Waals surface area contributed by atoms with Crippen LogP contribution in [0.25, 0.3) is 0 Å². The normalized spacial score (nSPS) is 9.90. The van der Waals surface area contributed by atoms with Gasteiger partial charge in [0, 0.05) is 6.20 Å². The third kappa shape index (κ3) is 1.70. The molecule has 0 saturated heterocycles. The number of rotatable bonds is 1. The first-order valence-electron chi connectivity index (χ1n) is 2.77. The molecule has 0 aliphatic rings. The maximum Gasteiger partial charge on any atom is 0.126 e. The molecule has 2 nitrogen and oxygen atoms in total. The quantitative estimate of drug-likeness (QED) is 0.535. The van der Waals surface area contributed by atoms with E-state index in [0.29, 0.717) is 0 Å². The van der Waals surface area contributed by atoms with Crippen LogP contribution in [-0.2, 0) is 0 Å². The fourth-order valence-electron chi connectivity index (χ4n) is 0.578. The average molecular weight is 219 g/mol. The highest BCUT2D eigenvalue weighted by Gasteiger charge is 1.98. The van der Waals surface area contributed by atoms with Crippen molar-refractivity contribution < 1.29 is 0 Å². The van der Waals surface area contributed by atoms with Crippen molar-refractivity contribution in [3.63, 3.8) is 0 Å². The van der Waals surface area contributed by atoms with Crippen molar-refractivity contribution in [3.05, 3.63) is 16.5 Å². The molecule has 0 radical (unpaired) electrons. The van der Waals surface area contributed by atoms with Gasteiger partial charge in [-0.25, -0.2) is 9.97 Å². The van der Waals surface area contributed by atoms with Crippen molar-refractivity contribution in [2.45, 2.75) is 11.9 Å². The van der Waals surface area contributed by atoms with Crippen LogP contribution in [-0.4, -0.2) is 16.2 Å². The second-order valence-corrected chi connectivity index (χ2v) is 3.42. The lowest BCUT2D eigenvalue weighted by Crippen LogP contribution is -1.88. The van der Waals surface area contributed by atoms with Crippen LogP contribution in [0.15, 0.2) is 15.7 Å². The van der Waals surface area contributed by atoms with Gasteiger partial charge in [0.05, 0.1) is 4.47 Å². The molecular weight excluding hydrogens is 212 g/mol. The predicted molar refractivity (Wildman–Crippen MR) is 46.3 cm³/mol. The van der Waals surface area contributed by atoms with Crippen molar-refractivity contribution in [2.24, 2.45) is 0 Å². The Bertz CT molecular complexity index is 239. The summed E-state index contributed by atoms with van der Waals surface area (Å²) in [5, 5.41) is 0.993. The molecule has 1 heterocycles. The molecule has 1 rings (SSSR count). The van der Waals surface area contributed by atoms with Crippen LogP contribution in [0.1, 0.15) is 5.82 Å². The Hall–Kier alpha value is -0.0900. The summed E-state index contributed by atoms with van der Waals surface area (Å²) in [4.78, 5) is 8.21. The van der Waals surface area contributed by atoms with Crippen LogP contribution in [0, 0.1) is 6.92 Å². The second kappa shape index (κ2) is 3.34. The Morgan fingerprint density at radius 3 is 2.80 bits per heavy atom. The SMILES string of the molecule is CSc1nc(C)ncc1Br. The van der Waals surface area contributed by atoms with Crippen LogP contribution >= 0.6 is 27.7 Å². The van der Waals surface area contributed by atoms with Gasteiger partial charge in [0.2, 0.25) is 0 Å². The fourth-order valence-corrected chi connectivity index (χ4v) is 1.73. The van der Waals surface area contributed by atoms with E-state index in [1.54, 1.807) is 18.0 Å². The maximum absolute atomic E-state index is 4.20. The summed E-state index contributed by atoms with van der Waals surface area (Å²) in [5.74, 6) is 0.813. The standard InChI is InChI=1S/C6H7BrN2S/c1-4-8-3-5(7)6(9-4)10-2/h3H,1-2H3. The molecule has 54 valence electrons. The van der Waals surface area contributed by atoms with Gasteiger partial charge in [-0.2, -0.15) is 0 Å². The van der Waals surface area contributed by atoms with E-state index in [2.05, 4.69) is 25.9 Å². The highest BCUT2D eigenvalue weighted by molar-refractivity contribution is 9.10. The molecule has 0 atom stereocenters. The van der Waals surface area contributed by atoms with E-state index in [-0.39, 0.29) is 0 Å². The first-order chi connectivity index (χ1) is 4.74. The molecule has 0 unspecified atom stereocenters. The largest absolute Gasteiger partial charge is 0.240 e. The molecule has 0 N–H and O–H groups in total. The van der Waals surface area contributed by atoms with E-state index < -0.39 is 0 Å².